The standard InChI is InChI=1S/C11H8F3N5OS/c12-11(13,14)7-6(9(20)18-19-10(15)21)4-5-2-1-3-16-8(5)17-7/h1-4H,(H,18,20)(H3,15,19,21). The highest BCUT2D eigenvalue weighted by Crippen LogP contribution is 2.31. The van der Waals surface area contributed by atoms with E-state index < -0.39 is 23.3 Å². The molecule has 0 atom stereocenters. The highest BCUT2D eigenvalue weighted by Gasteiger charge is 2.37. The zero-order valence-electron chi connectivity index (χ0n) is 10.2. The molecule has 4 N–H and O–H groups in total. The van der Waals surface area contributed by atoms with Gasteiger partial charge in [0.15, 0.2) is 16.5 Å². The molecule has 2 aromatic heterocycles. The van der Waals surface area contributed by atoms with Gasteiger partial charge in [0.05, 0.1) is 5.56 Å². The molecule has 2 rings (SSSR count). The van der Waals surface area contributed by atoms with Crippen molar-refractivity contribution in [1.29, 1.82) is 0 Å². The Bertz CT molecular complexity index is 719. The summed E-state index contributed by atoms with van der Waals surface area (Å²) < 4.78 is 39.0. The van der Waals surface area contributed by atoms with E-state index in [0.29, 0.717) is 5.39 Å². The minimum atomic E-state index is -4.80. The third-order valence-electron chi connectivity index (χ3n) is 2.40. The summed E-state index contributed by atoms with van der Waals surface area (Å²) in [6.45, 7) is 0. The van der Waals surface area contributed by atoms with Crippen LogP contribution >= 0.6 is 12.2 Å². The molecule has 1 amide bonds. The Hall–Kier alpha value is -2.49. The average Bonchev–Trinajstić information content (AvgIpc) is 2.42. The number of alkyl halides is 3. The number of pyridine rings is 2. The smallest absolute Gasteiger partial charge is 0.375 e. The fraction of sp³-hybridized carbons (Fsp3) is 0.0909. The molecule has 2 aromatic rings. The predicted molar refractivity (Wildman–Crippen MR) is 71.9 cm³/mol. The van der Waals surface area contributed by atoms with Crippen LogP contribution in [0.2, 0.25) is 0 Å². The Morgan fingerprint density at radius 2 is 2.05 bits per heavy atom. The summed E-state index contributed by atoms with van der Waals surface area (Å²) >= 11 is 4.45. The highest BCUT2D eigenvalue weighted by atomic mass is 32.1. The van der Waals surface area contributed by atoms with Crippen molar-refractivity contribution in [2.75, 3.05) is 0 Å². The van der Waals surface area contributed by atoms with Crippen LogP contribution in [-0.2, 0) is 6.18 Å². The van der Waals surface area contributed by atoms with E-state index >= 15 is 0 Å². The predicted octanol–water partition coefficient (Wildman–Crippen LogP) is 1.13. The van der Waals surface area contributed by atoms with E-state index in [0.717, 1.165) is 6.07 Å². The van der Waals surface area contributed by atoms with Gasteiger partial charge < -0.3 is 5.73 Å². The third kappa shape index (κ3) is 3.34. The lowest BCUT2D eigenvalue weighted by atomic mass is 10.1. The minimum Gasteiger partial charge on any atom is -0.375 e. The topological polar surface area (TPSA) is 92.9 Å². The number of carbonyl (C=O) groups is 1. The lowest BCUT2D eigenvalue weighted by Crippen LogP contribution is -2.44. The first-order valence-corrected chi connectivity index (χ1v) is 5.88. The van der Waals surface area contributed by atoms with E-state index in [2.05, 4.69) is 27.6 Å². The van der Waals surface area contributed by atoms with E-state index in [1.807, 2.05) is 5.43 Å². The number of aromatic nitrogens is 2. The molecule has 21 heavy (non-hydrogen) atoms. The fourth-order valence-corrected chi connectivity index (χ4v) is 1.63. The third-order valence-corrected chi connectivity index (χ3v) is 2.50. The number of hydrogen-bond donors (Lipinski definition) is 3. The second-order valence-corrected chi connectivity index (χ2v) is 4.32. The van der Waals surface area contributed by atoms with E-state index in [9.17, 15) is 18.0 Å². The molecule has 0 aliphatic heterocycles. The van der Waals surface area contributed by atoms with Crippen LogP contribution in [0.3, 0.4) is 0 Å². The Labute approximate surface area is 121 Å². The number of hydrazine groups is 1. The fourth-order valence-electron chi connectivity index (χ4n) is 1.58. The normalized spacial score (nSPS) is 11.2. The maximum absolute atomic E-state index is 13.0. The van der Waals surface area contributed by atoms with Crippen molar-refractivity contribution in [3.8, 4) is 0 Å². The lowest BCUT2D eigenvalue weighted by molar-refractivity contribution is -0.141. The van der Waals surface area contributed by atoms with Gasteiger partial charge in [-0.15, -0.1) is 0 Å². The van der Waals surface area contributed by atoms with E-state index in [1.165, 1.54) is 18.3 Å². The van der Waals surface area contributed by atoms with Gasteiger partial charge in [0, 0.05) is 11.6 Å². The van der Waals surface area contributed by atoms with Gasteiger partial charge in [-0.1, -0.05) is 0 Å². The van der Waals surface area contributed by atoms with Crippen LogP contribution in [-0.4, -0.2) is 21.0 Å². The van der Waals surface area contributed by atoms with Crippen molar-refractivity contribution in [3.63, 3.8) is 0 Å². The largest absolute Gasteiger partial charge is 0.434 e. The number of fused-ring (bicyclic) bond motifs is 1. The van der Waals surface area contributed by atoms with Crippen LogP contribution in [0.4, 0.5) is 13.2 Å². The van der Waals surface area contributed by atoms with E-state index in [4.69, 9.17) is 5.73 Å². The van der Waals surface area contributed by atoms with E-state index in [1.54, 1.807) is 0 Å². The van der Waals surface area contributed by atoms with Crippen LogP contribution < -0.4 is 16.6 Å². The molecule has 0 aliphatic rings. The van der Waals surface area contributed by atoms with Gasteiger partial charge in [-0.25, -0.2) is 9.97 Å². The summed E-state index contributed by atoms with van der Waals surface area (Å²) in [7, 11) is 0. The van der Waals surface area contributed by atoms with Crippen LogP contribution in [0, 0.1) is 0 Å². The number of rotatable bonds is 1. The van der Waals surface area contributed by atoms with Gasteiger partial charge in [-0.2, -0.15) is 13.2 Å². The van der Waals surface area contributed by atoms with Crippen LogP contribution in [0.1, 0.15) is 16.1 Å². The summed E-state index contributed by atoms with van der Waals surface area (Å²) in [6.07, 6.45) is -3.49. The van der Waals surface area contributed by atoms with Crippen molar-refractivity contribution in [2.24, 2.45) is 5.73 Å². The van der Waals surface area contributed by atoms with Crippen molar-refractivity contribution in [3.05, 3.63) is 35.7 Å². The van der Waals surface area contributed by atoms with Crippen molar-refractivity contribution < 1.29 is 18.0 Å². The molecule has 0 aliphatic carbocycles. The molecule has 10 heteroatoms. The zero-order valence-corrected chi connectivity index (χ0v) is 11.0. The van der Waals surface area contributed by atoms with Crippen molar-refractivity contribution in [1.82, 2.24) is 20.8 Å². The quantitative estimate of drug-likeness (QED) is 0.539. The zero-order chi connectivity index (χ0) is 15.6. The maximum Gasteiger partial charge on any atom is 0.434 e. The van der Waals surface area contributed by atoms with Gasteiger partial charge in [-0.05, 0) is 30.4 Å². The molecule has 110 valence electrons. The van der Waals surface area contributed by atoms with Crippen molar-refractivity contribution in [2.45, 2.75) is 6.18 Å². The summed E-state index contributed by atoms with van der Waals surface area (Å²) in [5, 5.41) is 0.0123. The second kappa shape index (κ2) is 5.48. The number of amides is 1. The number of thiocarbonyl (C=S) groups is 1. The molecular weight excluding hydrogens is 307 g/mol. The monoisotopic (exact) mass is 315 g/mol. The summed E-state index contributed by atoms with van der Waals surface area (Å²) in [5.74, 6) is -1.06. The second-order valence-electron chi connectivity index (χ2n) is 3.88. The molecule has 0 unspecified atom stereocenters. The van der Waals surface area contributed by atoms with Crippen LogP contribution in [0.25, 0.3) is 11.0 Å². The van der Waals surface area contributed by atoms with Crippen molar-refractivity contribution >= 4 is 34.3 Å². The molecule has 6 nitrogen and oxygen atoms in total. The Morgan fingerprint density at radius 1 is 1.33 bits per heavy atom. The van der Waals surface area contributed by atoms with Crippen LogP contribution in [0.15, 0.2) is 24.4 Å². The molecule has 0 saturated heterocycles. The molecule has 0 radical (unpaired) electrons. The average molecular weight is 315 g/mol. The first-order valence-electron chi connectivity index (χ1n) is 5.48. The summed E-state index contributed by atoms with van der Waals surface area (Å²) in [6, 6.07) is 4.06. The summed E-state index contributed by atoms with van der Waals surface area (Å²) in [5.41, 5.74) is 7.02. The Kier molecular flexibility index (Phi) is 3.89. The van der Waals surface area contributed by atoms with Gasteiger partial charge in [-0.3, -0.25) is 15.6 Å². The number of halogens is 3. The lowest BCUT2D eigenvalue weighted by Gasteiger charge is -2.13. The highest BCUT2D eigenvalue weighted by molar-refractivity contribution is 7.80. The number of nitrogens with zero attached hydrogens (tertiary/aromatic N) is 2. The summed E-state index contributed by atoms with van der Waals surface area (Å²) in [4.78, 5) is 18.9. The van der Waals surface area contributed by atoms with Gasteiger partial charge in [0.1, 0.15) is 0 Å². The van der Waals surface area contributed by atoms with Gasteiger partial charge >= 0.3 is 6.18 Å². The molecule has 0 fully saturated rings. The Morgan fingerprint density at radius 3 is 2.67 bits per heavy atom. The molecule has 2 heterocycles. The Balaban J connectivity index is 2.53. The maximum atomic E-state index is 13.0. The molecule has 0 spiro atoms. The number of carbonyl (C=O) groups excluding carboxylic acids is 1. The number of nitrogens with one attached hydrogen (secondary N) is 2. The first kappa shape index (κ1) is 14.9. The molecule has 0 saturated carbocycles. The minimum absolute atomic E-state index is 0.108. The van der Waals surface area contributed by atoms with Crippen LogP contribution in [0.5, 0.6) is 0 Å². The molecular formula is C11H8F3N5OS. The molecule has 0 aromatic carbocycles. The molecule has 0 bridgehead atoms. The number of hydrogen-bond acceptors (Lipinski definition) is 4. The first-order chi connectivity index (χ1) is 9.79. The SMILES string of the molecule is NC(=S)NNC(=O)c1cc2cccnc2nc1C(F)(F)F. The number of nitrogens with two attached hydrogens (primary N) is 1. The van der Waals surface area contributed by atoms with E-state index in [-0.39, 0.29) is 10.8 Å². The van der Waals surface area contributed by atoms with Gasteiger partial charge in [0.2, 0.25) is 0 Å². The van der Waals surface area contributed by atoms with Gasteiger partial charge in [0.25, 0.3) is 5.91 Å².